The molecule has 0 N–H and O–H groups in total. The van der Waals surface area contributed by atoms with Crippen molar-refractivity contribution in [3.05, 3.63) is 47.2 Å². The second-order valence-corrected chi connectivity index (χ2v) is 9.91. The first kappa shape index (κ1) is 24.5. The van der Waals surface area contributed by atoms with Crippen molar-refractivity contribution in [1.29, 1.82) is 0 Å². The Hall–Kier alpha value is -2.65. The zero-order chi connectivity index (χ0) is 24.1. The molecule has 182 valence electrons. The van der Waals surface area contributed by atoms with Gasteiger partial charge in [0, 0.05) is 69.3 Å². The van der Waals surface area contributed by atoms with Crippen LogP contribution in [0.25, 0.3) is 0 Å². The molecule has 2 aliphatic rings. The number of carbonyl (C=O) groups is 2. The van der Waals surface area contributed by atoms with Crippen LogP contribution < -0.4 is 4.90 Å². The van der Waals surface area contributed by atoms with E-state index in [1.54, 1.807) is 23.6 Å². The van der Waals surface area contributed by atoms with Gasteiger partial charge in [0.25, 0.3) is 5.91 Å². The molecule has 3 heterocycles. The van der Waals surface area contributed by atoms with E-state index in [0.29, 0.717) is 37.7 Å². The summed E-state index contributed by atoms with van der Waals surface area (Å²) in [6, 6.07) is 9.87. The van der Waals surface area contributed by atoms with Crippen LogP contribution in [-0.4, -0.2) is 84.1 Å². The first-order chi connectivity index (χ1) is 16.4. The van der Waals surface area contributed by atoms with Crippen LogP contribution in [0, 0.1) is 0 Å². The average Bonchev–Trinajstić information content (AvgIpc) is 2.87. The lowest BCUT2D eigenvalue weighted by atomic mass is 10.1. The van der Waals surface area contributed by atoms with Crippen LogP contribution in [0.15, 0.2) is 35.5 Å². The van der Waals surface area contributed by atoms with Crippen LogP contribution in [0.5, 0.6) is 0 Å². The number of ether oxygens (including phenoxy) is 1. The van der Waals surface area contributed by atoms with Gasteiger partial charge in [-0.25, -0.2) is 9.97 Å². The van der Waals surface area contributed by atoms with E-state index in [0.717, 1.165) is 54.3 Å². The molecule has 2 aliphatic heterocycles. The van der Waals surface area contributed by atoms with Crippen LogP contribution in [0.3, 0.4) is 0 Å². The van der Waals surface area contributed by atoms with Crippen molar-refractivity contribution in [2.75, 3.05) is 57.4 Å². The lowest BCUT2D eigenvalue weighted by Gasteiger charge is -2.34. The molecule has 34 heavy (non-hydrogen) atoms. The van der Waals surface area contributed by atoms with E-state index in [1.807, 2.05) is 29.2 Å². The molecule has 0 saturated carbocycles. The number of hydrogen-bond acceptors (Lipinski definition) is 7. The number of anilines is 1. The zero-order valence-corrected chi connectivity index (χ0v) is 21.0. The van der Waals surface area contributed by atoms with E-state index in [1.165, 1.54) is 0 Å². The molecular weight excluding hydrogens is 450 g/mol. The van der Waals surface area contributed by atoms with Crippen LogP contribution in [-0.2, 0) is 15.3 Å². The minimum atomic E-state index is 0.0190. The highest BCUT2D eigenvalue weighted by atomic mass is 32.2. The van der Waals surface area contributed by atoms with Gasteiger partial charge in [0.1, 0.15) is 5.82 Å². The predicted molar refractivity (Wildman–Crippen MR) is 133 cm³/mol. The highest BCUT2D eigenvalue weighted by Gasteiger charge is 2.23. The summed E-state index contributed by atoms with van der Waals surface area (Å²) in [5.41, 5.74) is 2.84. The number of hydrogen-bond donors (Lipinski definition) is 0. The number of morpholine rings is 1. The largest absolute Gasteiger partial charge is 0.378 e. The van der Waals surface area contributed by atoms with Gasteiger partial charge < -0.3 is 19.4 Å². The number of rotatable bonds is 6. The molecule has 9 heteroatoms. The minimum Gasteiger partial charge on any atom is -0.378 e. The number of piperazine rings is 1. The van der Waals surface area contributed by atoms with E-state index in [4.69, 9.17) is 14.7 Å². The van der Waals surface area contributed by atoms with Crippen molar-refractivity contribution < 1.29 is 14.3 Å². The first-order valence-corrected chi connectivity index (χ1v) is 12.9. The molecule has 2 fully saturated rings. The average molecular weight is 484 g/mol. The molecule has 2 amide bonds. The molecule has 0 bridgehead atoms. The van der Waals surface area contributed by atoms with Gasteiger partial charge in [-0.15, -0.1) is 0 Å². The fourth-order valence-corrected chi connectivity index (χ4v) is 4.86. The predicted octanol–water partition coefficient (Wildman–Crippen LogP) is 3.03. The van der Waals surface area contributed by atoms with Gasteiger partial charge in [0.2, 0.25) is 5.91 Å². The van der Waals surface area contributed by atoms with Gasteiger partial charge in [0.15, 0.2) is 5.16 Å². The number of carbonyl (C=O) groups excluding carboxylic acids is 2. The number of aromatic nitrogens is 2. The molecular formula is C25H33N5O3S. The Balaban J connectivity index is 1.38. The fourth-order valence-electron chi connectivity index (χ4n) is 4.04. The second-order valence-electron chi connectivity index (χ2n) is 8.97. The van der Waals surface area contributed by atoms with Crippen molar-refractivity contribution in [2.24, 2.45) is 0 Å². The third kappa shape index (κ3) is 6.07. The molecule has 2 aromatic rings. The topological polar surface area (TPSA) is 78.9 Å². The third-order valence-electron chi connectivity index (χ3n) is 6.22. The number of thioether (sulfide) groups is 1. The lowest BCUT2D eigenvalue weighted by Crippen LogP contribution is -2.50. The van der Waals surface area contributed by atoms with E-state index >= 15 is 0 Å². The van der Waals surface area contributed by atoms with E-state index in [9.17, 15) is 9.59 Å². The Bertz CT molecular complexity index is 1000. The molecule has 1 aromatic carbocycles. The highest BCUT2D eigenvalue weighted by Crippen LogP contribution is 2.26. The van der Waals surface area contributed by atoms with E-state index < -0.39 is 0 Å². The summed E-state index contributed by atoms with van der Waals surface area (Å²) in [7, 11) is 0. The van der Waals surface area contributed by atoms with Gasteiger partial charge in [0.05, 0.1) is 13.2 Å². The second kappa shape index (κ2) is 11.2. The van der Waals surface area contributed by atoms with Crippen LogP contribution in [0.2, 0.25) is 0 Å². The van der Waals surface area contributed by atoms with Crippen LogP contribution in [0.4, 0.5) is 5.82 Å². The van der Waals surface area contributed by atoms with Crippen molar-refractivity contribution in [3.63, 3.8) is 0 Å². The first-order valence-electron chi connectivity index (χ1n) is 11.9. The van der Waals surface area contributed by atoms with Crippen molar-refractivity contribution >= 4 is 29.4 Å². The summed E-state index contributed by atoms with van der Waals surface area (Å²) in [4.78, 5) is 39.8. The van der Waals surface area contributed by atoms with Crippen molar-refractivity contribution in [3.8, 4) is 0 Å². The highest BCUT2D eigenvalue weighted by molar-refractivity contribution is 7.98. The summed E-state index contributed by atoms with van der Waals surface area (Å²) in [5.74, 6) is 2.11. The Morgan fingerprint density at radius 1 is 0.971 bits per heavy atom. The maximum Gasteiger partial charge on any atom is 0.253 e. The third-order valence-corrected chi connectivity index (χ3v) is 7.14. The number of nitrogens with zero attached hydrogens (tertiary/aromatic N) is 5. The van der Waals surface area contributed by atoms with Crippen LogP contribution >= 0.6 is 11.8 Å². The van der Waals surface area contributed by atoms with Crippen molar-refractivity contribution in [1.82, 2.24) is 19.8 Å². The standard InChI is InChI=1S/C25H33N5O3S/c1-18(2)22-16-23(29-12-14-33-15-13-29)27-25(26-22)34-17-20-4-6-21(7-5-20)24(32)30-10-8-28(9-11-30)19(3)31/h4-7,16,18H,8-15,17H2,1-3H3. The van der Waals surface area contributed by atoms with Crippen molar-refractivity contribution in [2.45, 2.75) is 37.6 Å². The summed E-state index contributed by atoms with van der Waals surface area (Å²) < 4.78 is 5.48. The maximum absolute atomic E-state index is 12.8. The molecule has 0 atom stereocenters. The molecule has 8 nitrogen and oxygen atoms in total. The quantitative estimate of drug-likeness (QED) is 0.462. The van der Waals surface area contributed by atoms with Gasteiger partial charge in [-0.05, 0) is 23.6 Å². The van der Waals surface area contributed by atoms with Gasteiger partial charge >= 0.3 is 0 Å². The molecule has 2 saturated heterocycles. The molecule has 0 radical (unpaired) electrons. The molecule has 0 unspecified atom stereocenters. The summed E-state index contributed by atoms with van der Waals surface area (Å²) >= 11 is 1.62. The molecule has 0 aliphatic carbocycles. The van der Waals surface area contributed by atoms with Crippen LogP contribution in [0.1, 0.15) is 48.3 Å². The molecule has 4 rings (SSSR count). The van der Waals surface area contributed by atoms with E-state index in [-0.39, 0.29) is 11.8 Å². The Labute approximate surface area is 205 Å². The van der Waals surface area contributed by atoms with Gasteiger partial charge in [-0.3, -0.25) is 9.59 Å². The Morgan fingerprint density at radius 2 is 1.62 bits per heavy atom. The molecule has 1 aromatic heterocycles. The summed E-state index contributed by atoms with van der Waals surface area (Å²) in [6.07, 6.45) is 0. The number of amides is 2. The number of benzene rings is 1. The fraction of sp³-hybridized carbons (Fsp3) is 0.520. The minimum absolute atomic E-state index is 0.0190. The summed E-state index contributed by atoms with van der Waals surface area (Å²) in [5, 5.41) is 0.774. The summed E-state index contributed by atoms with van der Waals surface area (Å²) in [6.45, 7) is 11.3. The lowest BCUT2D eigenvalue weighted by molar-refractivity contribution is -0.130. The normalized spacial score (nSPS) is 16.8. The van der Waals surface area contributed by atoms with E-state index in [2.05, 4.69) is 24.8 Å². The Morgan fingerprint density at radius 3 is 2.24 bits per heavy atom. The van der Waals surface area contributed by atoms with Gasteiger partial charge in [-0.1, -0.05) is 37.7 Å². The Kier molecular flexibility index (Phi) is 8.05. The maximum atomic E-state index is 12.8. The smallest absolute Gasteiger partial charge is 0.253 e. The zero-order valence-electron chi connectivity index (χ0n) is 20.2. The van der Waals surface area contributed by atoms with Gasteiger partial charge in [-0.2, -0.15) is 0 Å². The monoisotopic (exact) mass is 483 g/mol. The molecule has 0 spiro atoms. The SMILES string of the molecule is CC(=O)N1CCN(C(=O)c2ccc(CSc3nc(C(C)C)cc(N4CCOCC4)n3)cc2)CC1.